The van der Waals surface area contributed by atoms with Gasteiger partial charge in [0.2, 0.25) is 5.91 Å². The number of carboxylic acids is 1. The zero-order valence-electron chi connectivity index (χ0n) is 9.80. The second-order valence-corrected chi connectivity index (χ2v) is 4.42. The molecular weight excluding hydrogens is 234 g/mol. The van der Waals surface area contributed by atoms with Gasteiger partial charge in [-0.2, -0.15) is 0 Å². The summed E-state index contributed by atoms with van der Waals surface area (Å²) in [6.07, 6.45) is -0.0000968. The van der Waals surface area contributed by atoms with Gasteiger partial charge in [0.15, 0.2) is 0 Å². The maximum atomic E-state index is 11.4. The van der Waals surface area contributed by atoms with Crippen LogP contribution < -0.4 is 5.32 Å². The number of piperidine rings is 1. The lowest BCUT2D eigenvalue weighted by Gasteiger charge is -2.28. The Hall–Kier alpha value is -1.88. The highest BCUT2D eigenvalue weighted by Crippen LogP contribution is 2.26. The molecule has 96 valence electrons. The van der Waals surface area contributed by atoms with Crippen LogP contribution in [0.15, 0.2) is 24.3 Å². The van der Waals surface area contributed by atoms with Crippen molar-refractivity contribution < 1.29 is 19.8 Å². The Kier molecular flexibility index (Phi) is 3.62. The first-order valence-corrected chi connectivity index (χ1v) is 5.86. The van der Waals surface area contributed by atoms with Crippen molar-refractivity contribution in [2.45, 2.75) is 31.4 Å². The highest BCUT2D eigenvalue weighted by molar-refractivity contribution is 5.82. The summed E-state index contributed by atoms with van der Waals surface area (Å²) in [5.74, 6) is -1.29. The summed E-state index contributed by atoms with van der Waals surface area (Å²) < 4.78 is 0. The zero-order chi connectivity index (χ0) is 13.1. The first kappa shape index (κ1) is 12.6. The van der Waals surface area contributed by atoms with Crippen LogP contribution in [0, 0.1) is 0 Å². The number of hydrogen-bond acceptors (Lipinski definition) is 3. The summed E-state index contributed by atoms with van der Waals surface area (Å²) in [7, 11) is 0. The van der Waals surface area contributed by atoms with Crippen molar-refractivity contribution in [2.75, 3.05) is 0 Å². The summed E-state index contributed by atoms with van der Waals surface area (Å²) in [6.45, 7) is 0. The fourth-order valence-electron chi connectivity index (χ4n) is 2.23. The monoisotopic (exact) mass is 249 g/mol. The summed E-state index contributed by atoms with van der Waals surface area (Å²) in [5, 5.41) is 20.9. The van der Waals surface area contributed by atoms with Crippen molar-refractivity contribution in [1.82, 2.24) is 5.32 Å². The van der Waals surface area contributed by atoms with Gasteiger partial charge in [-0.3, -0.25) is 9.59 Å². The van der Waals surface area contributed by atoms with E-state index in [0.29, 0.717) is 18.4 Å². The number of amides is 1. The molecule has 5 heteroatoms. The van der Waals surface area contributed by atoms with Crippen LogP contribution in [0.5, 0.6) is 0 Å². The van der Waals surface area contributed by atoms with Crippen molar-refractivity contribution in [2.24, 2.45) is 0 Å². The smallest absolute Gasteiger partial charge is 0.307 e. The lowest BCUT2D eigenvalue weighted by molar-refractivity contribution is -0.136. The lowest BCUT2D eigenvalue weighted by atomic mass is 9.91. The molecule has 1 aliphatic heterocycles. The van der Waals surface area contributed by atoms with Crippen molar-refractivity contribution >= 4 is 11.9 Å². The number of aliphatic carboxylic acids is 1. The van der Waals surface area contributed by atoms with E-state index in [2.05, 4.69) is 5.32 Å². The van der Waals surface area contributed by atoms with Crippen LogP contribution in [-0.4, -0.2) is 28.2 Å². The number of carbonyl (C=O) groups is 2. The van der Waals surface area contributed by atoms with Crippen LogP contribution in [0.4, 0.5) is 0 Å². The second kappa shape index (κ2) is 5.18. The van der Waals surface area contributed by atoms with Gasteiger partial charge >= 0.3 is 5.97 Å². The number of hydrogen-bond donors (Lipinski definition) is 3. The highest BCUT2D eigenvalue weighted by Gasteiger charge is 2.28. The molecule has 0 aliphatic carbocycles. The number of benzene rings is 1. The minimum atomic E-state index is -0.951. The molecule has 1 amide bonds. The average molecular weight is 249 g/mol. The zero-order valence-corrected chi connectivity index (χ0v) is 9.80. The van der Waals surface area contributed by atoms with Crippen LogP contribution in [0.3, 0.4) is 0 Å². The second-order valence-electron chi connectivity index (χ2n) is 4.42. The van der Waals surface area contributed by atoms with E-state index in [4.69, 9.17) is 5.11 Å². The Labute approximate surface area is 104 Å². The standard InChI is InChI=1S/C13H15NO4/c15-11-6-5-10(14-13(11)18)9-4-2-1-3-8(9)7-12(16)17/h1-4,10-11,15H,5-7H2,(H,14,18)(H,16,17). The molecule has 2 rings (SSSR count). The van der Waals surface area contributed by atoms with E-state index < -0.39 is 18.0 Å². The topological polar surface area (TPSA) is 86.6 Å². The van der Waals surface area contributed by atoms with E-state index in [9.17, 15) is 14.7 Å². The molecule has 3 N–H and O–H groups in total. The van der Waals surface area contributed by atoms with Crippen LogP contribution in [0.2, 0.25) is 0 Å². The number of carboxylic acid groups (broad SMARTS) is 1. The Morgan fingerprint density at radius 2 is 2.06 bits per heavy atom. The van der Waals surface area contributed by atoms with E-state index >= 15 is 0 Å². The molecule has 2 atom stereocenters. The molecule has 1 saturated heterocycles. The minimum absolute atomic E-state index is 0.0644. The van der Waals surface area contributed by atoms with Crippen LogP contribution >= 0.6 is 0 Å². The summed E-state index contributed by atoms with van der Waals surface area (Å²) in [5.41, 5.74) is 1.52. The number of rotatable bonds is 3. The largest absolute Gasteiger partial charge is 0.481 e. The highest BCUT2D eigenvalue weighted by atomic mass is 16.4. The summed E-state index contributed by atoms with van der Waals surface area (Å²) >= 11 is 0. The number of aliphatic hydroxyl groups is 1. The average Bonchev–Trinajstić information content (AvgIpc) is 2.33. The van der Waals surface area contributed by atoms with Gasteiger partial charge in [-0.1, -0.05) is 24.3 Å². The Bertz CT molecular complexity index is 472. The van der Waals surface area contributed by atoms with Gasteiger partial charge in [-0.15, -0.1) is 0 Å². The van der Waals surface area contributed by atoms with Gasteiger partial charge in [-0.05, 0) is 24.0 Å². The van der Waals surface area contributed by atoms with E-state index in [0.717, 1.165) is 5.56 Å². The third-order valence-corrected chi connectivity index (χ3v) is 3.12. The third-order valence-electron chi connectivity index (χ3n) is 3.12. The molecule has 1 aromatic carbocycles. The number of aliphatic hydroxyl groups excluding tert-OH is 1. The normalized spacial score (nSPS) is 23.5. The van der Waals surface area contributed by atoms with Gasteiger partial charge in [0, 0.05) is 0 Å². The molecule has 1 fully saturated rings. The molecule has 0 radical (unpaired) electrons. The summed E-state index contributed by atoms with van der Waals surface area (Å²) in [4.78, 5) is 22.2. The SMILES string of the molecule is O=C(O)Cc1ccccc1C1CCC(O)C(=O)N1. The predicted octanol–water partition coefficient (Wildman–Crippen LogP) is 0.626. The first-order valence-electron chi connectivity index (χ1n) is 5.86. The molecular formula is C13H15NO4. The van der Waals surface area contributed by atoms with Gasteiger partial charge < -0.3 is 15.5 Å². The number of carbonyl (C=O) groups excluding carboxylic acids is 1. The van der Waals surface area contributed by atoms with E-state index in [1.54, 1.807) is 12.1 Å². The lowest BCUT2D eigenvalue weighted by Crippen LogP contribution is -2.42. The molecule has 0 aromatic heterocycles. The summed E-state index contributed by atoms with van der Waals surface area (Å²) in [6, 6.07) is 6.96. The fourth-order valence-corrected chi connectivity index (χ4v) is 2.23. The van der Waals surface area contributed by atoms with E-state index in [-0.39, 0.29) is 12.5 Å². The van der Waals surface area contributed by atoms with Crippen LogP contribution in [0.1, 0.15) is 30.0 Å². The molecule has 18 heavy (non-hydrogen) atoms. The molecule has 0 spiro atoms. The molecule has 0 bridgehead atoms. The van der Waals surface area contributed by atoms with Gasteiger partial charge in [0.05, 0.1) is 12.5 Å². The van der Waals surface area contributed by atoms with Gasteiger partial charge in [0.1, 0.15) is 6.10 Å². The van der Waals surface area contributed by atoms with Crippen LogP contribution in [-0.2, 0) is 16.0 Å². The van der Waals surface area contributed by atoms with E-state index in [1.165, 1.54) is 0 Å². The molecule has 0 saturated carbocycles. The van der Waals surface area contributed by atoms with Gasteiger partial charge in [0.25, 0.3) is 0 Å². The molecule has 1 aromatic rings. The predicted molar refractivity (Wildman–Crippen MR) is 63.9 cm³/mol. The number of nitrogens with one attached hydrogen (secondary N) is 1. The van der Waals surface area contributed by atoms with Gasteiger partial charge in [-0.25, -0.2) is 0 Å². The van der Waals surface area contributed by atoms with Crippen LogP contribution in [0.25, 0.3) is 0 Å². The van der Waals surface area contributed by atoms with Crippen molar-refractivity contribution in [3.8, 4) is 0 Å². The fraction of sp³-hybridized carbons (Fsp3) is 0.385. The minimum Gasteiger partial charge on any atom is -0.481 e. The quantitative estimate of drug-likeness (QED) is 0.733. The Balaban J connectivity index is 2.22. The Morgan fingerprint density at radius 3 is 2.72 bits per heavy atom. The maximum absolute atomic E-state index is 11.4. The van der Waals surface area contributed by atoms with Crippen molar-refractivity contribution in [3.05, 3.63) is 35.4 Å². The Morgan fingerprint density at radius 1 is 1.33 bits per heavy atom. The molecule has 5 nitrogen and oxygen atoms in total. The molecule has 1 heterocycles. The third kappa shape index (κ3) is 2.68. The molecule has 2 unspecified atom stereocenters. The molecule has 1 aliphatic rings. The van der Waals surface area contributed by atoms with Crippen molar-refractivity contribution in [1.29, 1.82) is 0 Å². The van der Waals surface area contributed by atoms with Crippen molar-refractivity contribution in [3.63, 3.8) is 0 Å². The van der Waals surface area contributed by atoms with E-state index in [1.807, 2.05) is 12.1 Å². The first-order chi connectivity index (χ1) is 8.58. The maximum Gasteiger partial charge on any atom is 0.307 e.